The first-order chi connectivity index (χ1) is 17.5. The van der Waals surface area contributed by atoms with E-state index < -0.39 is 35.1 Å². The van der Waals surface area contributed by atoms with Gasteiger partial charge in [0.05, 0.1) is 17.9 Å². The minimum Gasteiger partial charge on any atom is -0.359 e. The number of ether oxygens (including phenoxy) is 1. The first-order valence-corrected chi connectivity index (χ1v) is 14.7. The summed E-state index contributed by atoms with van der Waals surface area (Å²) in [5, 5.41) is 6.31. The van der Waals surface area contributed by atoms with Crippen LogP contribution in [0.4, 0.5) is 5.69 Å². The lowest BCUT2D eigenvalue weighted by atomic mass is 9.73. The van der Waals surface area contributed by atoms with Crippen molar-refractivity contribution in [2.75, 3.05) is 11.6 Å². The zero-order valence-electron chi connectivity index (χ0n) is 22.6. The molecular formula is C29H39N3O4S. The summed E-state index contributed by atoms with van der Waals surface area (Å²) in [6.07, 6.45) is 8.37. The van der Waals surface area contributed by atoms with Crippen LogP contribution in [0.2, 0.25) is 0 Å². The fourth-order valence-electron chi connectivity index (χ4n) is 6.87. The summed E-state index contributed by atoms with van der Waals surface area (Å²) < 4.78 is 6.47. The normalized spacial score (nSPS) is 36.5. The standard InChI is InChI=1S/C29H39N3O4S/c1-16-9-7-12-20(17(16)2)31-26(34)24-29-14-13-21(36-29)22(23(29)27(35)32(24)28(3,4)5)25(33)30-18-10-8-11-19(15-18)37-6/h8,10-11,13-17,20-24H,7,9,12H2,1-6H3,(H,30,33)(H,31,34)/t16-,17-,20+,21+,22-,23+,24+,29+/m0/s1. The maximum Gasteiger partial charge on any atom is 0.246 e. The van der Waals surface area contributed by atoms with Crippen LogP contribution in [0.5, 0.6) is 0 Å². The van der Waals surface area contributed by atoms with Gasteiger partial charge in [0.15, 0.2) is 0 Å². The minimum atomic E-state index is -1.15. The molecule has 0 aromatic heterocycles. The predicted molar refractivity (Wildman–Crippen MR) is 145 cm³/mol. The fourth-order valence-corrected chi connectivity index (χ4v) is 7.32. The lowest BCUT2D eigenvalue weighted by Gasteiger charge is -2.41. The van der Waals surface area contributed by atoms with Gasteiger partial charge in [-0.25, -0.2) is 0 Å². The molecule has 2 saturated heterocycles. The molecule has 3 amide bonds. The molecule has 1 aromatic carbocycles. The quantitative estimate of drug-likeness (QED) is 0.444. The number of benzene rings is 1. The number of hydrogen-bond acceptors (Lipinski definition) is 5. The van der Waals surface area contributed by atoms with Crippen molar-refractivity contribution in [3.8, 4) is 0 Å². The number of carbonyl (C=O) groups is 3. The van der Waals surface area contributed by atoms with Crippen LogP contribution in [0.1, 0.15) is 53.9 Å². The Morgan fingerprint density at radius 1 is 1.16 bits per heavy atom. The Morgan fingerprint density at radius 2 is 1.92 bits per heavy atom. The van der Waals surface area contributed by atoms with E-state index in [2.05, 4.69) is 24.5 Å². The predicted octanol–water partition coefficient (Wildman–Crippen LogP) is 4.24. The van der Waals surface area contributed by atoms with Crippen molar-refractivity contribution < 1.29 is 19.1 Å². The minimum absolute atomic E-state index is 0.0639. The highest BCUT2D eigenvalue weighted by Gasteiger charge is 2.74. The van der Waals surface area contributed by atoms with Crippen LogP contribution in [0.15, 0.2) is 41.3 Å². The van der Waals surface area contributed by atoms with Crippen molar-refractivity contribution in [3.63, 3.8) is 0 Å². The van der Waals surface area contributed by atoms with E-state index >= 15 is 0 Å². The number of anilines is 1. The van der Waals surface area contributed by atoms with Gasteiger partial charge < -0.3 is 20.3 Å². The van der Waals surface area contributed by atoms with E-state index in [0.717, 1.165) is 17.7 Å². The SMILES string of the molecule is CSc1cccc(NC(=O)[C@H]2[C@H]3C=C[C@@]4(O3)[C@H]2C(=O)N(C(C)(C)C)[C@@H]4C(=O)N[C@@H]2CCC[C@H](C)[C@@H]2C)c1. The molecule has 2 N–H and O–H groups in total. The van der Waals surface area contributed by atoms with Gasteiger partial charge in [-0.2, -0.15) is 0 Å². The molecule has 8 heteroatoms. The Kier molecular flexibility index (Phi) is 6.72. The van der Waals surface area contributed by atoms with Gasteiger partial charge in [-0.05, 0) is 63.5 Å². The fraction of sp³-hybridized carbons (Fsp3) is 0.621. The number of rotatable bonds is 5. The van der Waals surface area contributed by atoms with Crippen LogP contribution in [-0.2, 0) is 19.1 Å². The number of thioether (sulfide) groups is 1. The van der Waals surface area contributed by atoms with Crippen molar-refractivity contribution in [2.45, 2.75) is 88.1 Å². The van der Waals surface area contributed by atoms with Crippen molar-refractivity contribution in [3.05, 3.63) is 36.4 Å². The Balaban J connectivity index is 1.45. The molecule has 2 bridgehead atoms. The second-order valence-corrected chi connectivity index (χ2v) is 13.1. The highest BCUT2D eigenvalue weighted by molar-refractivity contribution is 7.98. The van der Waals surface area contributed by atoms with Crippen molar-refractivity contribution in [1.29, 1.82) is 0 Å². The summed E-state index contributed by atoms with van der Waals surface area (Å²) in [5.74, 6) is -1.19. The Bertz CT molecular complexity index is 1130. The first kappa shape index (κ1) is 26.3. The zero-order chi connectivity index (χ0) is 26.7. The molecule has 1 aromatic rings. The lowest BCUT2D eigenvalue weighted by Crippen LogP contribution is -2.61. The van der Waals surface area contributed by atoms with E-state index in [0.29, 0.717) is 17.5 Å². The maximum absolute atomic E-state index is 14.1. The summed E-state index contributed by atoms with van der Waals surface area (Å²) in [4.78, 5) is 44.4. The molecule has 3 heterocycles. The molecule has 0 radical (unpaired) electrons. The monoisotopic (exact) mass is 525 g/mol. The summed E-state index contributed by atoms with van der Waals surface area (Å²) >= 11 is 1.60. The van der Waals surface area contributed by atoms with Gasteiger partial charge in [0.25, 0.3) is 0 Å². The molecule has 37 heavy (non-hydrogen) atoms. The van der Waals surface area contributed by atoms with Gasteiger partial charge in [-0.1, -0.05) is 44.9 Å². The van der Waals surface area contributed by atoms with E-state index in [1.165, 1.54) is 6.42 Å². The largest absolute Gasteiger partial charge is 0.359 e. The summed E-state index contributed by atoms with van der Waals surface area (Å²) in [5.41, 5.74) is -1.08. The third-order valence-electron chi connectivity index (χ3n) is 8.92. The van der Waals surface area contributed by atoms with Gasteiger partial charge in [-0.15, -0.1) is 11.8 Å². The molecule has 5 rings (SSSR count). The molecule has 1 spiro atoms. The number of nitrogens with zero attached hydrogens (tertiary/aromatic N) is 1. The molecule has 3 fully saturated rings. The number of fused-ring (bicyclic) bond motifs is 1. The van der Waals surface area contributed by atoms with Crippen LogP contribution in [0, 0.1) is 23.7 Å². The number of nitrogens with one attached hydrogen (secondary N) is 2. The molecule has 3 aliphatic heterocycles. The van der Waals surface area contributed by atoms with Crippen LogP contribution < -0.4 is 10.6 Å². The van der Waals surface area contributed by atoms with Gasteiger partial charge in [0.1, 0.15) is 11.6 Å². The Morgan fingerprint density at radius 3 is 2.62 bits per heavy atom. The van der Waals surface area contributed by atoms with E-state index in [-0.39, 0.29) is 23.8 Å². The lowest BCUT2D eigenvalue weighted by molar-refractivity contribution is -0.147. The molecule has 1 aliphatic carbocycles. The average molecular weight is 526 g/mol. The summed E-state index contributed by atoms with van der Waals surface area (Å²) in [7, 11) is 0. The number of carbonyl (C=O) groups excluding carboxylic acids is 3. The number of amides is 3. The molecular weight excluding hydrogens is 486 g/mol. The second-order valence-electron chi connectivity index (χ2n) is 12.2. The highest BCUT2D eigenvalue weighted by atomic mass is 32.2. The molecule has 4 aliphatic rings. The van der Waals surface area contributed by atoms with Gasteiger partial charge in [0.2, 0.25) is 17.7 Å². The van der Waals surface area contributed by atoms with E-state index in [1.54, 1.807) is 16.7 Å². The molecule has 0 unspecified atom stereocenters. The third kappa shape index (κ3) is 4.30. The van der Waals surface area contributed by atoms with Gasteiger partial charge in [0, 0.05) is 22.2 Å². The third-order valence-corrected chi connectivity index (χ3v) is 9.65. The number of likely N-dealkylation sites (tertiary alicyclic amines) is 1. The second kappa shape index (κ2) is 9.45. The maximum atomic E-state index is 14.1. The van der Waals surface area contributed by atoms with Crippen LogP contribution in [0.3, 0.4) is 0 Å². The van der Waals surface area contributed by atoms with Gasteiger partial charge in [-0.3, -0.25) is 14.4 Å². The van der Waals surface area contributed by atoms with Gasteiger partial charge >= 0.3 is 0 Å². The summed E-state index contributed by atoms with van der Waals surface area (Å²) in [6.45, 7) is 10.2. The van der Waals surface area contributed by atoms with Crippen molar-refractivity contribution >= 4 is 35.2 Å². The molecule has 8 atom stereocenters. The average Bonchev–Trinajstić information content (AvgIpc) is 3.49. The van der Waals surface area contributed by atoms with E-state index in [1.807, 2.05) is 63.4 Å². The molecule has 7 nitrogen and oxygen atoms in total. The number of hydrogen-bond donors (Lipinski definition) is 2. The topological polar surface area (TPSA) is 87.7 Å². The summed E-state index contributed by atoms with van der Waals surface area (Å²) in [6, 6.07) is 6.88. The van der Waals surface area contributed by atoms with Crippen LogP contribution >= 0.6 is 11.8 Å². The molecule has 200 valence electrons. The van der Waals surface area contributed by atoms with Crippen LogP contribution in [-0.4, -0.2) is 58.2 Å². The zero-order valence-corrected chi connectivity index (χ0v) is 23.4. The Labute approximate surface area is 224 Å². The van der Waals surface area contributed by atoms with E-state index in [4.69, 9.17) is 4.74 Å². The van der Waals surface area contributed by atoms with Crippen molar-refractivity contribution in [1.82, 2.24) is 10.2 Å². The van der Waals surface area contributed by atoms with Crippen molar-refractivity contribution in [2.24, 2.45) is 23.7 Å². The van der Waals surface area contributed by atoms with Crippen LogP contribution in [0.25, 0.3) is 0 Å². The van der Waals surface area contributed by atoms with E-state index in [9.17, 15) is 14.4 Å². The Hall–Kier alpha value is -2.32. The molecule has 1 saturated carbocycles. The first-order valence-electron chi connectivity index (χ1n) is 13.4. The highest BCUT2D eigenvalue weighted by Crippen LogP contribution is 2.56. The smallest absolute Gasteiger partial charge is 0.246 e.